The largest absolute Gasteiger partial charge is 0.416 e. The molecule has 1 aliphatic rings. The number of pyridine rings is 1. The third-order valence-corrected chi connectivity index (χ3v) is 7.11. The van der Waals surface area contributed by atoms with Gasteiger partial charge in [0.1, 0.15) is 5.82 Å². The van der Waals surface area contributed by atoms with Gasteiger partial charge in [-0.3, -0.25) is 15.0 Å². The smallest absolute Gasteiger partial charge is 0.354 e. The lowest BCUT2D eigenvalue weighted by Crippen LogP contribution is -2.46. The van der Waals surface area contributed by atoms with Crippen LogP contribution in [0.3, 0.4) is 0 Å². The number of hydrogen-bond acceptors (Lipinski definition) is 6. The van der Waals surface area contributed by atoms with Crippen LogP contribution in [0.2, 0.25) is 0 Å². The second-order valence-corrected chi connectivity index (χ2v) is 10.4. The van der Waals surface area contributed by atoms with E-state index in [4.69, 9.17) is 0 Å². The average molecular weight is 570 g/mol. The Hall–Kier alpha value is -3.76. The fourth-order valence-electron chi connectivity index (χ4n) is 4.00. The molecule has 0 spiro atoms. The van der Waals surface area contributed by atoms with Crippen molar-refractivity contribution in [2.24, 2.45) is 0 Å². The molecule has 0 radical (unpaired) electrons. The second-order valence-electron chi connectivity index (χ2n) is 9.24. The summed E-state index contributed by atoms with van der Waals surface area (Å²) in [6, 6.07) is 3.54. The molecule has 3 heterocycles. The number of nitrogens with one attached hydrogen (secondary N) is 1. The van der Waals surface area contributed by atoms with Gasteiger partial charge >= 0.3 is 6.18 Å². The summed E-state index contributed by atoms with van der Waals surface area (Å²) >= 11 is 1.44. The predicted molar refractivity (Wildman–Crippen MR) is 158 cm³/mol. The van der Waals surface area contributed by atoms with E-state index >= 15 is 0 Å². The van der Waals surface area contributed by atoms with Gasteiger partial charge in [-0.15, -0.1) is 11.3 Å². The highest BCUT2D eigenvalue weighted by atomic mass is 32.1. The van der Waals surface area contributed by atoms with Gasteiger partial charge in [0.25, 0.3) is 5.91 Å². The highest BCUT2D eigenvalue weighted by molar-refractivity contribution is 7.15. The summed E-state index contributed by atoms with van der Waals surface area (Å²) in [5.41, 5.74) is 1.79. The molecule has 6 nitrogen and oxygen atoms in total. The van der Waals surface area contributed by atoms with Crippen molar-refractivity contribution in [2.75, 3.05) is 42.9 Å². The minimum absolute atomic E-state index is 0.277. The van der Waals surface area contributed by atoms with E-state index < -0.39 is 11.7 Å². The number of aromatic nitrogens is 2. The third-order valence-electron chi connectivity index (χ3n) is 6.18. The SMILES string of the molecule is C=C/C=C\C=C(\C)Cc1nc(NC(=O)c2ccc(N3CCN(C/C=C\C(=C/C=C)C(F)(F)F)CC3)nc2)sc1C. The minimum atomic E-state index is -4.40. The molecule has 0 saturated carbocycles. The van der Waals surface area contributed by atoms with Crippen molar-refractivity contribution < 1.29 is 18.0 Å². The maximum atomic E-state index is 13.0. The summed E-state index contributed by atoms with van der Waals surface area (Å²) in [7, 11) is 0. The Morgan fingerprint density at radius 2 is 1.88 bits per heavy atom. The fourth-order valence-corrected chi connectivity index (χ4v) is 4.83. The molecule has 1 amide bonds. The zero-order valence-electron chi connectivity index (χ0n) is 22.7. The summed E-state index contributed by atoms with van der Waals surface area (Å²) in [5.74, 6) is 0.473. The number of hydrogen-bond donors (Lipinski definition) is 1. The van der Waals surface area contributed by atoms with Crippen LogP contribution in [-0.2, 0) is 6.42 Å². The first-order chi connectivity index (χ1) is 19.1. The molecule has 40 heavy (non-hydrogen) atoms. The Labute approximate surface area is 237 Å². The van der Waals surface area contributed by atoms with Crippen molar-refractivity contribution in [1.82, 2.24) is 14.9 Å². The van der Waals surface area contributed by atoms with Gasteiger partial charge in [0.2, 0.25) is 0 Å². The zero-order chi connectivity index (χ0) is 29.1. The van der Waals surface area contributed by atoms with Crippen molar-refractivity contribution in [3.8, 4) is 0 Å². The number of aryl methyl sites for hydroxylation is 1. The van der Waals surface area contributed by atoms with Crippen LogP contribution in [0.25, 0.3) is 0 Å². The molecule has 1 fully saturated rings. The molecule has 1 N–H and O–H groups in total. The number of carbonyl (C=O) groups is 1. The molecule has 2 aromatic rings. The van der Waals surface area contributed by atoms with E-state index in [1.165, 1.54) is 17.4 Å². The van der Waals surface area contributed by atoms with Crippen LogP contribution in [0, 0.1) is 6.92 Å². The lowest BCUT2D eigenvalue weighted by molar-refractivity contribution is -0.0882. The van der Waals surface area contributed by atoms with Crippen molar-refractivity contribution in [1.29, 1.82) is 0 Å². The number of amides is 1. The molecule has 0 unspecified atom stereocenters. The Morgan fingerprint density at radius 1 is 1.12 bits per heavy atom. The summed E-state index contributed by atoms with van der Waals surface area (Å²) < 4.78 is 38.9. The normalized spacial score (nSPS) is 15.7. The van der Waals surface area contributed by atoms with Crippen LogP contribution in [0.15, 0.2) is 91.2 Å². The maximum absolute atomic E-state index is 13.0. The third kappa shape index (κ3) is 9.17. The molecular formula is C30H34F3N5OS. The quantitative estimate of drug-likeness (QED) is 0.306. The van der Waals surface area contributed by atoms with Gasteiger partial charge < -0.3 is 4.90 Å². The highest BCUT2D eigenvalue weighted by Crippen LogP contribution is 2.27. The monoisotopic (exact) mass is 569 g/mol. The number of piperazine rings is 1. The second kappa shape index (κ2) is 14.6. The van der Waals surface area contributed by atoms with Gasteiger partial charge in [0.15, 0.2) is 5.13 Å². The van der Waals surface area contributed by atoms with Crippen molar-refractivity contribution in [3.05, 3.63) is 107 Å². The molecule has 0 aromatic carbocycles. The molecule has 10 heteroatoms. The van der Waals surface area contributed by atoms with Crippen molar-refractivity contribution in [3.63, 3.8) is 0 Å². The molecule has 3 rings (SSSR count). The van der Waals surface area contributed by atoms with Crippen LogP contribution in [0.5, 0.6) is 0 Å². The van der Waals surface area contributed by atoms with Gasteiger partial charge in [-0.2, -0.15) is 13.2 Å². The molecule has 0 bridgehead atoms. The molecule has 1 saturated heterocycles. The number of carbonyl (C=O) groups excluding carboxylic acids is 1. The van der Waals surface area contributed by atoms with E-state index in [2.05, 4.69) is 38.2 Å². The van der Waals surface area contributed by atoms with Crippen LogP contribution < -0.4 is 10.2 Å². The lowest BCUT2D eigenvalue weighted by atomic mass is 10.1. The molecule has 2 aromatic heterocycles. The number of alkyl halides is 3. The molecular weight excluding hydrogens is 535 g/mol. The maximum Gasteiger partial charge on any atom is 0.416 e. The average Bonchev–Trinajstić information content (AvgIpc) is 3.26. The van der Waals surface area contributed by atoms with E-state index in [0.717, 1.165) is 40.2 Å². The van der Waals surface area contributed by atoms with E-state index in [0.29, 0.717) is 49.8 Å². The first-order valence-corrected chi connectivity index (χ1v) is 13.6. The summed E-state index contributed by atoms with van der Waals surface area (Å²) in [5, 5.41) is 3.41. The Bertz CT molecular complexity index is 1300. The Kier molecular flexibility index (Phi) is 11.2. The van der Waals surface area contributed by atoms with Gasteiger partial charge in [0.05, 0.1) is 16.8 Å². The minimum Gasteiger partial charge on any atom is -0.354 e. The topological polar surface area (TPSA) is 61.4 Å². The number of thiazole rings is 1. The number of allylic oxidation sites excluding steroid dienone is 9. The first-order valence-electron chi connectivity index (χ1n) is 12.8. The van der Waals surface area contributed by atoms with Crippen molar-refractivity contribution in [2.45, 2.75) is 26.4 Å². The predicted octanol–water partition coefficient (Wildman–Crippen LogP) is 6.68. The van der Waals surface area contributed by atoms with Crippen LogP contribution in [0.4, 0.5) is 24.1 Å². The summed E-state index contributed by atoms with van der Waals surface area (Å²) in [4.78, 5) is 27.1. The number of halogens is 3. The Morgan fingerprint density at radius 3 is 2.50 bits per heavy atom. The standard InChI is InChI=1S/C30H34F3N5OS/c1-5-7-8-11-22(3)20-26-23(4)40-29(35-26)36-28(39)24-13-14-27(34-21-24)38-18-16-37(17-19-38)15-9-12-25(10-6-2)30(31,32)33/h5-14,21H,1-2,15-20H2,3-4H3,(H,35,36,39)/b8-7-,12-9-,22-11-,25-10+. The molecule has 212 valence electrons. The van der Waals surface area contributed by atoms with Crippen LogP contribution in [-0.4, -0.2) is 59.7 Å². The zero-order valence-corrected chi connectivity index (χ0v) is 23.6. The van der Waals surface area contributed by atoms with E-state index in [9.17, 15) is 18.0 Å². The fraction of sp³-hybridized carbons (Fsp3) is 0.300. The van der Waals surface area contributed by atoms with Crippen molar-refractivity contribution >= 4 is 28.2 Å². The first kappa shape index (κ1) is 30.8. The van der Waals surface area contributed by atoms with E-state index in [1.54, 1.807) is 18.3 Å². The van der Waals surface area contributed by atoms with E-state index in [-0.39, 0.29) is 5.91 Å². The van der Waals surface area contributed by atoms with Gasteiger partial charge in [-0.1, -0.05) is 67.3 Å². The Balaban J connectivity index is 1.51. The molecule has 0 atom stereocenters. The number of nitrogens with zero attached hydrogens (tertiary/aromatic N) is 4. The summed E-state index contributed by atoms with van der Waals surface area (Å²) in [6.07, 6.45) is 10.1. The number of anilines is 2. The lowest BCUT2D eigenvalue weighted by Gasteiger charge is -2.34. The van der Waals surface area contributed by atoms with Crippen LogP contribution in [0.1, 0.15) is 27.9 Å². The molecule has 1 aliphatic heterocycles. The number of rotatable bonds is 11. The van der Waals surface area contributed by atoms with Crippen LogP contribution >= 0.6 is 11.3 Å². The summed E-state index contributed by atoms with van der Waals surface area (Å²) in [6.45, 7) is 14.2. The van der Waals surface area contributed by atoms with E-state index in [1.807, 2.05) is 38.1 Å². The van der Waals surface area contributed by atoms with Gasteiger partial charge in [-0.05, 0) is 26.0 Å². The van der Waals surface area contributed by atoms with Gasteiger partial charge in [0, 0.05) is 50.2 Å². The highest BCUT2D eigenvalue weighted by Gasteiger charge is 2.31. The molecule has 0 aliphatic carbocycles. The van der Waals surface area contributed by atoms with Gasteiger partial charge in [-0.25, -0.2) is 9.97 Å².